The molecule has 0 saturated heterocycles. The molecule has 0 saturated carbocycles. The first kappa shape index (κ1) is 20.2. The van der Waals surface area contributed by atoms with Crippen LogP contribution in [-0.4, -0.2) is 35.6 Å². The van der Waals surface area contributed by atoms with Gasteiger partial charge in [-0.1, -0.05) is 30.3 Å². The third-order valence-corrected chi connectivity index (χ3v) is 5.83. The number of hydrogen-bond acceptors (Lipinski definition) is 5. The van der Waals surface area contributed by atoms with Gasteiger partial charge in [-0.05, 0) is 54.1 Å². The van der Waals surface area contributed by atoms with E-state index in [9.17, 15) is 9.59 Å². The first-order valence-corrected chi connectivity index (χ1v) is 11.0. The molecule has 1 aliphatic rings. The van der Waals surface area contributed by atoms with Gasteiger partial charge in [-0.2, -0.15) is 0 Å². The number of nitrogens with one attached hydrogen (secondary N) is 1. The number of nitrogens with zero attached hydrogens (tertiary/aromatic N) is 1. The third kappa shape index (κ3) is 4.09. The predicted molar refractivity (Wildman–Crippen MR) is 118 cm³/mol. The smallest absolute Gasteiger partial charge is 0.254 e. The monoisotopic (exact) mass is 418 g/mol. The SMILES string of the molecule is CSc1ncccc1C(=O)NC[C@@H]1Cc2cc(-c3ccccc3C(C)=O)ccc2O1. The Balaban J connectivity index is 1.46. The molecule has 0 fully saturated rings. The zero-order valence-electron chi connectivity index (χ0n) is 16.8. The number of amides is 1. The second-order valence-corrected chi connectivity index (χ2v) is 7.93. The van der Waals surface area contributed by atoms with Crippen LogP contribution in [0.5, 0.6) is 5.75 Å². The number of aromatic nitrogens is 1. The lowest BCUT2D eigenvalue weighted by atomic mass is 9.95. The molecule has 5 nitrogen and oxygen atoms in total. The maximum Gasteiger partial charge on any atom is 0.254 e. The molecule has 6 heteroatoms. The summed E-state index contributed by atoms with van der Waals surface area (Å²) in [7, 11) is 0. The highest BCUT2D eigenvalue weighted by molar-refractivity contribution is 7.98. The van der Waals surface area contributed by atoms with Gasteiger partial charge in [0.25, 0.3) is 5.91 Å². The summed E-state index contributed by atoms with van der Waals surface area (Å²) in [4.78, 5) is 28.7. The molecular weight excluding hydrogens is 396 g/mol. The van der Waals surface area contributed by atoms with E-state index in [1.54, 1.807) is 25.3 Å². The molecule has 0 aliphatic carbocycles. The molecule has 1 N–H and O–H groups in total. The fraction of sp³-hybridized carbons (Fsp3) is 0.208. The summed E-state index contributed by atoms with van der Waals surface area (Å²) >= 11 is 1.45. The van der Waals surface area contributed by atoms with Gasteiger partial charge >= 0.3 is 0 Å². The molecule has 3 aromatic rings. The predicted octanol–water partition coefficient (Wildman–Crippen LogP) is 4.41. The van der Waals surface area contributed by atoms with Crippen LogP contribution in [0.1, 0.15) is 33.2 Å². The van der Waals surface area contributed by atoms with E-state index < -0.39 is 0 Å². The number of fused-ring (bicyclic) bond motifs is 1. The summed E-state index contributed by atoms with van der Waals surface area (Å²) in [5.74, 6) is 0.718. The van der Waals surface area contributed by atoms with Crippen LogP contribution in [-0.2, 0) is 6.42 Å². The number of thioether (sulfide) groups is 1. The van der Waals surface area contributed by atoms with Gasteiger partial charge in [0.2, 0.25) is 0 Å². The molecule has 2 aromatic carbocycles. The Morgan fingerprint density at radius 1 is 1.13 bits per heavy atom. The molecule has 1 aliphatic heterocycles. The van der Waals surface area contributed by atoms with E-state index in [1.807, 2.05) is 42.7 Å². The molecule has 0 radical (unpaired) electrons. The molecule has 1 amide bonds. The highest BCUT2D eigenvalue weighted by Crippen LogP contribution is 2.34. The topological polar surface area (TPSA) is 68.3 Å². The van der Waals surface area contributed by atoms with Crippen LogP contribution in [0, 0.1) is 0 Å². The lowest BCUT2D eigenvalue weighted by Crippen LogP contribution is -2.34. The maximum atomic E-state index is 12.5. The van der Waals surface area contributed by atoms with Crippen molar-refractivity contribution >= 4 is 23.5 Å². The van der Waals surface area contributed by atoms with Crippen molar-refractivity contribution < 1.29 is 14.3 Å². The number of Topliss-reactive ketones (excluding diaryl/α,β-unsaturated/α-hetero) is 1. The molecule has 2 heterocycles. The van der Waals surface area contributed by atoms with Gasteiger partial charge in [0.05, 0.1) is 12.1 Å². The van der Waals surface area contributed by atoms with E-state index in [-0.39, 0.29) is 17.8 Å². The molecular formula is C24H22N2O3S. The molecule has 152 valence electrons. The molecule has 1 aromatic heterocycles. The van der Waals surface area contributed by atoms with Crippen molar-refractivity contribution in [1.82, 2.24) is 10.3 Å². The lowest BCUT2D eigenvalue weighted by Gasteiger charge is -2.12. The highest BCUT2D eigenvalue weighted by Gasteiger charge is 2.24. The average Bonchev–Trinajstić information content (AvgIpc) is 3.19. The van der Waals surface area contributed by atoms with E-state index in [0.29, 0.717) is 29.1 Å². The van der Waals surface area contributed by atoms with Gasteiger partial charge < -0.3 is 10.1 Å². The summed E-state index contributed by atoms with van der Waals surface area (Å²) in [6.45, 7) is 1.99. The lowest BCUT2D eigenvalue weighted by molar-refractivity contribution is 0.0929. The van der Waals surface area contributed by atoms with Gasteiger partial charge in [-0.3, -0.25) is 9.59 Å². The van der Waals surface area contributed by atoms with Crippen LogP contribution < -0.4 is 10.1 Å². The zero-order valence-corrected chi connectivity index (χ0v) is 17.7. The minimum atomic E-state index is -0.150. The minimum absolute atomic E-state index is 0.0444. The number of benzene rings is 2. The van der Waals surface area contributed by atoms with Gasteiger partial charge in [-0.15, -0.1) is 11.8 Å². The summed E-state index contributed by atoms with van der Waals surface area (Å²) in [6, 6.07) is 17.1. The molecule has 0 unspecified atom stereocenters. The second-order valence-electron chi connectivity index (χ2n) is 7.14. The number of ether oxygens (including phenoxy) is 1. The number of carbonyl (C=O) groups excluding carboxylic acids is 2. The van der Waals surface area contributed by atoms with E-state index in [2.05, 4.69) is 16.4 Å². The fourth-order valence-electron chi connectivity index (χ4n) is 3.67. The van der Waals surface area contributed by atoms with E-state index in [4.69, 9.17) is 4.74 Å². The fourth-order valence-corrected chi connectivity index (χ4v) is 4.22. The normalized spacial score (nSPS) is 14.7. The van der Waals surface area contributed by atoms with Crippen molar-refractivity contribution in [2.45, 2.75) is 24.5 Å². The number of rotatable bonds is 6. The van der Waals surface area contributed by atoms with Gasteiger partial charge in [0, 0.05) is 18.2 Å². The van der Waals surface area contributed by atoms with Crippen molar-refractivity contribution in [2.24, 2.45) is 0 Å². The van der Waals surface area contributed by atoms with Crippen molar-refractivity contribution in [3.8, 4) is 16.9 Å². The van der Waals surface area contributed by atoms with Crippen molar-refractivity contribution in [2.75, 3.05) is 12.8 Å². The molecule has 0 spiro atoms. The zero-order chi connectivity index (χ0) is 21.1. The number of hydrogen-bond donors (Lipinski definition) is 1. The Morgan fingerprint density at radius 3 is 2.73 bits per heavy atom. The van der Waals surface area contributed by atoms with Crippen LogP contribution >= 0.6 is 11.8 Å². The van der Waals surface area contributed by atoms with Gasteiger partial charge in [0.15, 0.2) is 5.78 Å². The van der Waals surface area contributed by atoms with Crippen molar-refractivity contribution in [3.05, 3.63) is 77.5 Å². The van der Waals surface area contributed by atoms with Gasteiger partial charge in [0.1, 0.15) is 16.9 Å². The number of carbonyl (C=O) groups is 2. The van der Waals surface area contributed by atoms with Crippen LogP contribution in [0.2, 0.25) is 0 Å². The van der Waals surface area contributed by atoms with Crippen LogP contribution in [0.15, 0.2) is 65.8 Å². The van der Waals surface area contributed by atoms with Crippen LogP contribution in [0.25, 0.3) is 11.1 Å². The minimum Gasteiger partial charge on any atom is -0.488 e. The summed E-state index contributed by atoms with van der Waals surface area (Å²) < 4.78 is 6.02. The Hall–Kier alpha value is -3.12. The van der Waals surface area contributed by atoms with Crippen molar-refractivity contribution in [3.63, 3.8) is 0 Å². The molecule has 1 atom stereocenters. The maximum absolute atomic E-state index is 12.5. The first-order valence-electron chi connectivity index (χ1n) is 9.74. The number of ketones is 1. The quantitative estimate of drug-likeness (QED) is 0.474. The van der Waals surface area contributed by atoms with Gasteiger partial charge in [-0.25, -0.2) is 4.98 Å². The Bertz CT molecular complexity index is 1110. The summed E-state index contributed by atoms with van der Waals surface area (Å²) in [5, 5.41) is 3.67. The van der Waals surface area contributed by atoms with Crippen LogP contribution in [0.4, 0.5) is 0 Å². The van der Waals surface area contributed by atoms with Crippen LogP contribution in [0.3, 0.4) is 0 Å². The molecule has 30 heavy (non-hydrogen) atoms. The third-order valence-electron chi connectivity index (χ3n) is 5.12. The Morgan fingerprint density at radius 2 is 1.93 bits per heavy atom. The first-order chi connectivity index (χ1) is 14.6. The van der Waals surface area contributed by atoms with E-state index in [0.717, 1.165) is 22.4 Å². The Labute approximate surface area is 179 Å². The standard InChI is InChI=1S/C24H22N2O3S/c1-15(27)19-6-3-4-7-20(19)16-9-10-22-17(12-16)13-18(29-22)14-26-23(28)21-8-5-11-25-24(21)30-2/h3-12,18H,13-14H2,1-2H3,(H,26,28)/t18-/m0/s1. The Kier molecular flexibility index (Phi) is 5.86. The summed E-state index contributed by atoms with van der Waals surface area (Å²) in [5.41, 5.74) is 4.28. The van der Waals surface area contributed by atoms with E-state index in [1.165, 1.54) is 11.8 Å². The molecule has 4 rings (SSSR count). The highest BCUT2D eigenvalue weighted by atomic mass is 32.2. The summed E-state index contributed by atoms with van der Waals surface area (Å²) in [6.07, 6.45) is 4.16. The van der Waals surface area contributed by atoms with E-state index >= 15 is 0 Å². The number of pyridine rings is 1. The van der Waals surface area contributed by atoms with Crippen molar-refractivity contribution in [1.29, 1.82) is 0 Å². The average molecular weight is 419 g/mol. The molecule has 0 bridgehead atoms. The second kappa shape index (κ2) is 8.71. The largest absolute Gasteiger partial charge is 0.488 e.